The van der Waals surface area contributed by atoms with Crippen LogP contribution in [0.2, 0.25) is 0 Å². The third kappa shape index (κ3) is 6.68. The van der Waals surface area contributed by atoms with E-state index in [-0.39, 0.29) is 17.7 Å². The van der Waals surface area contributed by atoms with Crippen LogP contribution in [0.1, 0.15) is 38.7 Å². The van der Waals surface area contributed by atoms with E-state index >= 15 is 0 Å². The zero-order valence-electron chi connectivity index (χ0n) is 17.1. The van der Waals surface area contributed by atoms with E-state index in [2.05, 4.69) is 4.90 Å². The van der Waals surface area contributed by atoms with E-state index in [1.54, 1.807) is 19.3 Å². The molecule has 28 heavy (non-hydrogen) atoms. The normalized spacial score (nSPS) is 17.5. The van der Waals surface area contributed by atoms with Gasteiger partial charge in [0.05, 0.1) is 26.2 Å². The average Bonchev–Trinajstić information content (AvgIpc) is 2.71. The van der Waals surface area contributed by atoms with Crippen LogP contribution in [0.25, 0.3) is 6.08 Å². The maximum absolute atomic E-state index is 12.2. The molecule has 0 saturated carbocycles. The SMILES string of the molecule is CCOC(=O)C1CCCN(CCC(=O)/C=C/c2ccc(OC)c(OCC)c2)C1. The predicted molar refractivity (Wildman–Crippen MR) is 109 cm³/mol. The van der Waals surface area contributed by atoms with E-state index in [0.717, 1.165) is 24.9 Å². The maximum Gasteiger partial charge on any atom is 0.310 e. The summed E-state index contributed by atoms with van der Waals surface area (Å²) in [5.41, 5.74) is 0.887. The van der Waals surface area contributed by atoms with Crippen LogP contribution >= 0.6 is 0 Å². The van der Waals surface area contributed by atoms with Gasteiger partial charge in [-0.2, -0.15) is 0 Å². The Morgan fingerprint density at radius 1 is 1.21 bits per heavy atom. The molecule has 6 heteroatoms. The Kier molecular flexibility index (Phi) is 9.01. The summed E-state index contributed by atoms with van der Waals surface area (Å²) in [7, 11) is 1.60. The first-order valence-electron chi connectivity index (χ1n) is 9.98. The fourth-order valence-electron chi connectivity index (χ4n) is 3.32. The summed E-state index contributed by atoms with van der Waals surface area (Å²) < 4.78 is 16.0. The fourth-order valence-corrected chi connectivity index (χ4v) is 3.32. The molecule has 154 valence electrons. The summed E-state index contributed by atoms with van der Waals surface area (Å²) in [6.45, 7) is 6.95. The highest BCUT2D eigenvalue weighted by Crippen LogP contribution is 2.28. The lowest BCUT2D eigenvalue weighted by Gasteiger charge is -2.31. The molecule has 0 spiro atoms. The van der Waals surface area contributed by atoms with Crippen molar-refractivity contribution in [2.24, 2.45) is 5.92 Å². The van der Waals surface area contributed by atoms with Crippen molar-refractivity contribution in [2.75, 3.05) is 40.0 Å². The number of esters is 1. The van der Waals surface area contributed by atoms with Crippen LogP contribution in [0.3, 0.4) is 0 Å². The molecule has 0 aliphatic carbocycles. The number of carbonyl (C=O) groups excluding carboxylic acids is 2. The van der Waals surface area contributed by atoms with Crippen LogP contribution in [-0.4, -0.2) is 56.6 Å². The van der Waals surface area contributed by atoms with Crippen LogP contribution in [0.4, 0.5) is 0 Å². The van der Waals surface area contributed by atoms with Crippen molar-refractivity contribution in [2.45, 2.75) is 33.1 Å². The molecule has 1 atom stereocenters. The summed E-state index contributed by atoms with van der Waals surface area (Å²) in [4.78, 5) is 26.3. The number of methoxy groups -OCH3 is 1. The van der Waals surface area contributed by atoms with Crippen molar-refractivity contribution in [3.8, 4) is 11.5 Å². The highest BCUT2D eigenvalue weighted by Gasteiger charge is 2.26. The number of ketones is 1. The van der Waals surface area contributed by atoms with Gasteiger partial charge in [-0.05, 0) is 57.0 Å². The van der Waals surface area contributed by atoms with Gasteiger partial charge in [0, 0.05) is 19.5 Å². The molecule has 1 aromatic carbocycles. The molecule has 0 bridgehead atoms. The number of likely N-dealkylation sites (tertiary alicyclic amines) is 1. The second-order valence-electron chi connectivity index (χ2n) is 6.78. The van der Waals surface area contributed by atoms with Crippen LogP contribution in [0.5, 0.6) is 11.5 Å². The first-order valence-corrected chi connectivity index (χ1v) is 9.98. The number of allylic oxidation sites excluding steroid dienone is 1. The standard InChI is InChI=1S/C22H31NO5/c1-4-27-21-15-17(9-11-20(21)26-3)8-10-19(24)12-14-23-13-6-7-18(16-23)22(25)28-5-2/h8-11,15,18H,4-7,12-14,16H2,1-3H3/b10-8+. The molecule has 1 aliphatic heterocycles. The molecule has 1 unspecified atom stereocenters. The molecule has 1 fully saturated rings. The number of piperidine rings is 1. The van der Waals surface area contributed by atoms with Gasteiger partial charge < -0.3 is 19.1 Å². The van der Waals surface area contributed by atoms with Crippen LogP contribution in [-0.2, 0) is 14.3 Å². The quantitative estimate of drug-likeness (QED) is 0.452. The zero-order valence-corrected chi connectivity index (χ0v) is 17.1. The van der Waals surface area contributed by atoms with Crippen molar-refractivity contribution in [1.29, 1.82) is 0 Å². The molecule has 0 amide bonds. The summed E-state index contributed by atoms with van der Waals surface area (Å²) in [6.07, 6.45) is 5.65. The number of carbonyl (C=O) groups is 2. The van der Waals surface area contributed by atoms with Crippen molar-refractivity contribution in [3.63, 3.8) is 0 Å². The molecule has 1 aromatic rings. The highest BCUT2D eigenvalue weighted by atomic mass is 16.5. The van der Waals surface area contributed by atoms with Crippen LogP contribution in [0, 0.1) is 5.92 Å². The third-order valence-corrected chi connectivity index (χ3v) is 4.75. The Balaban J connectivity index is 1.85. The van der Waals surface area contributed by atoms with Gasteiger partial charge in [-0.15, -0.1) is 0 Å². The average molecular weight is 389 g/mol. The Labute approximate surface area is 167 Å². The van der Waals surface area contributed by atoms with Crippen molar-refractivity contribution in [3.05, 3.63) is 29.8 Å². The van der Waals surface area contributed by atoms with Crippen LogP contribution in [0.15, 0.2) is 24.3 Å². The highest BCUT2D eigenvalue weighted by molar-refractivity contribution is 5.93. The first-order chi connectivity index (χ1) is 13.6. The van der Waals surface area contributed by atoms with Gasteiger partial charge in [-0.3, -0.25) is 9.59 Å². The Morgan fingerprint density at radius 3 is 2.75 bits per heavy atom. The molecule has 0 aromatic heterocycles. The number of hydrogen-bond donors (Lipinski definition) is 0. The largest absolute Gasteiger partial charge is 0.493 e. The summed E-state index contributed by atoms with van der Waals surface area (Å²) in [5.74, 6) is 1.20. The Bertz CT molecular complexity index is 686. The molecule has 1 saturated heterocycles. The number of benzene rings is 1. The van der Waals surface area contributed by atoms with Gasteiger partial charge >= 0.3 is 5.97 Å². The smallest absolute Gasteiger partial charge is 0.310 e. The number of nitrogens with zero attached hydrogens (tertiary/aromatic N) is 1. The van der Waals surface area contributed by atoms with Gasteiger partial charge in [-0.1, -0.05) is 12.1 Å². The van der Waals surface area contributed by atoms with Gasteiger partial charge in [0.2, 0.25) is 0 Å². The predicted octanol–water partition coefficient (Wildman–Crippen LogP) is 3.34. The van der Waals surface area contributed by atoms with E-state index in [9.17, 15) is 9.59 Å². The Hall–Kier alpha value is -2.34. The molecule has 0 N–H and O–H groups in total. The maximum atomic E-state index is 12.2. The topological polar surface area (TPSA) is 65.1 Å². The van der Waals surface area contributed by atoms with E-state index in [4.69, 9.17) is 14.2 Å². The second-order valence-corrected chi connectivity index (χ2v) is 6.78. The molecule has 1 aliphatic rings. The van der Waals surface area contributed by atoms with Gasteiger partial charge in [0.25, 0.3) is 0 Å². The minimum Gasteiger partial charge on any atom is -0.493 e. The molecule has 1 heterocycles. The van der Waals surface area contributed by atoms with Crippen LogP contribution < -0.4 is 9.47 Å². The Morgan fingerprint density at radius 2 is 2.04 bits per heavy atom. The number of hydrogen-bond acceptors (Lipinski definition) is 6. The van der Waals surface area contributed by atoms with E-state index in [1.807, 2.05) is 32.0 Å². The third-order valence-electron chi connectivity index (χ3n) is 4.75. The summed E-state index contributed by atoms with van der Waals surface area (Å²) in [6, 6.07) is 5.58. The first kappa shape index (κ1) is 22.0. The van der Waals surface area contributed by atoms with Crippen molar-refractivity contribution < 1.29 is 23.8 Å². The van der Waals surface area contributed by atoms with E-state index < -0.39 is 0 Å². The summed E-state index contributed by atoms with van der Waals surface area (Å²) in [5, 5.41) is 0. The molecule has 0 radical (unpaired) electrons. The lowest BCUT2D eigenvalue weighted by molar-refractivity contribution is -0.149. The van der Waals surface area contributed by atoms with E-state index in [0.29, 0.717) is 44.2 Å². The molecule has 6 nitrogen and oxygen atoms in total. The number of ether oxygens (including phenoxy) is 3. The summed E-state index contributed by atoms with van der Waals surface area (Å²) >= 11 is 0. The second kappa shape index (κ2) is 11.5. The minimum atomic E-state index is -0.122. The molecular weight excluding hydrogens is 358 g/mol. The lowest BCUT2D eigenvalue weighted by Crippen LogP contribution is -2.40. The van der Waals surface area contributed by atoms with Gasteiger partial charge in [-0.25, -0.2) is 0 Å². The van der Waals surface area contributed by atoms with Gasteiger partial charge in [0.1, 0.15) is 0 Å². The van der Waals surface area contributed by atoms with Crippen molar-refractivity contribution in [1.82, 2.24) is 4.90 Å². The lowest BCUT2D eigenvalue weighted by atomic mass is 9.98. The van der Waals surface area contributed by atoms with Gasteiger partial charge in [0.15, 0.2) is 17.3 Å². The zero-order chi connectivity index (χ0) is 20.4. The van der Waals surface area contributed by atoms with E-state index in [1.165, 1.54) is 0 Å². The number of rotatable bonds is 10. The molecular formula is C22H31NO5. The monoisotopic (exact) mass is 389 g/mol. The molecule has 2 rings (SSSR count). The fraction of sp³-hybridized carbons (Fsp3) is 0.545. The minimum absolute atomic E-state index is 0.0621. The van der Waals surface area contributed by atoms with Crippen molar-refractivity contribution >= 4 is 17.8 Å².